The van der Waals surface area contributed by atoms with Gasteiger partial charge in [0.1, 0.15) is 0 Å². The van der Waals surface area contributed by atoms with Gasteiger partial charge in [0, 0.05) is 12.4 Å². The molecule has 0 spiro atoms. The van der Waals surface area contributed by atoms with Gasteiger partial charge in [0.2, 0.25) is 0 Å². The molecule has 0 unspecified atom stereocenters. The van der Waals surface area contributed by atoms with Crippen molar-refractivity contribution in [2.45, 2.75) is 0 Å². The van der Waals surface area contributed by atoms with Crippen LogP contribution in [0.4, 0.5) is 0 Å². The highest BCUT2D eigenvalue weighted by Gasteiger charge is 1.95. The smallest absolute Gasteiger partial charge is 0.0346 e. The number of aromatic nitrogens is 1. The lowest BCUT2D eigenvalue weighted by molar-refractivity contribution is 1.33. The highest BCUT2D eigenvalue weighted by Crippen LogP contribution is 2.18. The molecule has 2 rings (SSSR count). The fraction of sp³-hybridized carbons (Fsp3) is 0. The van der Waals surface area contributed by atoms with E-state index in [-0.39, 0.29) is 0 Å². The molecule has 0 saturated carbocycles. The van der Waals surface area contributed by atoms with Crippen molar-refractivity contribution in [2.75, 3.05) is 0 Å². The normalized spacial score (nSPS) is 9.71. The van der Waals surface area contributed by atoms with Gasteiger partial charge < -0.3 is 0 Å². The van der Waals surface area contributed by atoms with Crippen LogP contribution < -0.4 is 0 Å². The Hall–Kier alpha value is -1.89. The minimum absolute atomic E-state index is 1.14. The van der Waals surface area contributed by atoms with Gasteiger partial charge in [0.25, 0.3) is 0 Å². The zero-order valence-electron chi connectivity index (χ0n) is 7.85. The third-order valence-electron chi connectivity index (χ3n) is 2.14. The summed E-state index contributed by atoms with van der Waals surface area (Å²) in [5.74, 6) is 0. The zero-order chi connectivity index (χ0) is 9.80. The van der Waals surface area contributed by atoms with E-state index in [1.165, 1.54) is 5.56 Å². The summed E-state index contributed by atoms with van der Waals surface area (Å²) in [5, 5.41) is 0. The van der Waals surface area contributed by atoms with Crippen LogP contribution in [0.15, 0.2) is 55.4 Å². The molecule has 0 fully saturated rings. The lowest BCUT2D eigenvalue weighted by Gasteiger charge is -2.00. The molecule has 1 heteroatoms. The first kappa shape index (κ1) is 8.70. The van der Waals surface area contributed by atoms with E-state index >= 15 is 0 Å². The maximum absolute atomic E-state index is 4.08. The topological polar surface area (TPSA) is 12.9 Å². The Morgan fingerprint density at radius 3 is 2.36 bits per heavy atom. The lowest BCUT2D eigenvalue weighted by atomic mass is 10.1. The number of nitrogens with zero attached hydrogens (tertiary/aromatic N) is 1. The Labute approximate surface area is 83.7 Å². The van der Waals surface area contributed by atoms with Crippen LogP contribution in [0.3, 0.4) is 0 Å². The van der Waals surface area contributed by atoms with Gasteiger partial charge >= 0.3 is 0 Å². The minimum atomic E-state index is 1.14. The number of rotatable bonds is 2. The first-order valence-corrected chi connectivity index (χ1v) is 4.53. The molecule has 0 amide bonds. The predicted octanol–water partition coefficient (Wildman–Crippen LogP) is 3.39. The molecule has 1 heterocycles. The van der Waals surface area contributed by atoms with Gasteiger partial charge in [0.15, 0.2) is 0 Å². The van der Waals surface area contributed by atoms with E-state index in [1.54, 1.807) is 6.20 Å². The molecule has 0 aliphatic heterocycles. The number of hydrogen-bond acceptors (Lipinski definition) is 1. The highest BCUT2D eigenvalue weighted by molar-refractivity contribution is 5.64. The first-order valence-electron chi connectivity index (χ1n) is 4.53. The Morgan fingerprint density at radius 1 is 1.00 bits per heavy atom. The third kappa shape index (κ3) is 1.72. The molecule has 68 valence electrons. The summed E-state index contributed by atoms with van der Waals surface area (Å²) in [7, 11) is 0. The predicted molar refractivity (Wildman–Crippen MR) is 59.8 cm³/mol. The lowest BCUT2D eigenvalue weighted by Crippen LogP contribution is -1.79. The fourth-order valence-electron chi connectivity index (χ4n) is 1.35. The van der Waals surface area contributed by atoms with E-state index in [0.717, 1.165) is 11.1 Å². The molecule has 0 radical (unpaired) electrons. The second kappa shape index (κ2) is 3.88. The van der Waals surface area contributed by atoms with E-state index in [1.807, 2.05) is 18.3 Å². The largest absolute Gasteiger partial charge is 0.264 e. The summed E-state index contributed by atoms with van der Waals surface area (Å²) in [6, 6.07) is 12.2. The van der Waals surface area contributed by atoms with Gasteiger partial charge in [-0.15, -0.1) is 0 Å². The van der Waals surface area contributed by atoms with Gasteiger partial charge in [-0.2, -0.15) is 0 Å². The van der Waals surface area contributed by atoms with Crippen LogP contribution in [0.2, 0.25) is 0 Å². The Balaban J connectivity index is 2.39. The van der Waals surface area contributed by atoms with Gasteiger partial charge in [-0.05, 0) is 22.8 Å². The number of benzene rings is 1. The van der Waals surface area contributed by atoms with Crippen molar-refractivity contribution in [1.82, 2.24) is 4.98 Å². The van der Waals surface area contributed by atoms with E-state index in [4.69, 9.17) is 0 Å². The van der Waals surface area contributed by atoms with Crippen LogP contribution in [0.25, 0.3) is 17.2 Å². The second-order valence-electron chi connectivity index (χ2n) is 3.07. The molecule has 1 aromatic heterocycles. The van der Waals surface area contributed by atoms with Gasteiger partial charge in [0.05, 0.1) is 0 Å². The van der Waals surface area contributed by atoms with Crippen LogP contribution in [0, 0.1) is 0 Å². The van der Waals surface area contributed by atoms with Gasteiger partial charge in [-0.1, -0.05) is 43.0 Å². The van der Waals surface area contributed by atoms with Crippen LogP contribution in [0.5, 0.6) is 0 Å². The van der Waals surface area contributed by atoms with E-state index in [2.05, 4.69) is 41.9 Å². The molecule has 0 atom stereocenters. The van der Waals surface area contributed by atoms with Gasteiger partial charge in [-0.3, -0.25) is 4.98 Å². The zero-order valence-corrected chi connectivity index (χ0v) is 7.85. The van der Waals surface area contributed by atoms with Crippen LogP contribution in [0.1, 0.15) is 5.56 Å². The van der Waals surface area contributed by atoms with Crippen molar-refractivity contribution < 1.29 is 0 Å². The minimum Gasteiger partial charge on any atom is -0.264 e. The summed E-state index contributed by atoms with van der Waals surface area (Å²) >= 11 is 0. The summed E-state index contributed by atoms with van der Waals surface area (Å²) in [6.45, 7) is 3.72. The summed E-state index contributed by atoms with van der Waals surface area (Å²) < 4.78 is 0. The van der Waals surface area contributed by atoms with Crippen molar-refractivity contribution >= 4 is 6.08 Å². The van der Waals surface area contributed by atoms with Crippen molar-refractivity contribution in [2.24, 2.45) is 0 Å². The quantitative estimate of drug-likeness (QED) is 0.692. The molecule has 1 aromatic carbocycles. The van der Waals surface area contributed by atoms with Crippen molar-refractivity contribution in [3.8, 4) is 11.1 Å². The SMILES string of the molecule is C=Cc1ccc(-c2cccnc2)cc1. The third-order valence-corrected chi connectivity index (χ3v) is 2.14. The van der Waals surface area contributed by atoms with Crippen molar-refractivity contribution in [1.29, 1.82) is 0 Å². The van der Waals surface area contributed by atoms with Crippen LogP contribution >= 0.6 is 0 Å². The Bertz CT molecular complexity index is 415. The first-order chi connectivity index (χ1) is 6.90. The second-order valence-corrected chi connectivity index (χ2v) is 3.07. The van der Waals surface area contributed by atoms with Crippen LogP contribution in [-0.4, -0.2) is 4.98 Å². The molecule has 14 heavy (non-hydrogen) atoms. The Kier molecular flexibility index (Phi) is 2.41. The molecule has 2 aromatic rings. The average Bonchev–Trinajstić information content (AvgIpc) is 2.30. The molecular weight excluding hydrogens is 170 g/mol. The summed E-state index contributed by atoms with van der Waals surface area (Å²) in [4.78, 5) is 4.08. The molecule has 0 saturated heterocycles. The summed E-state index contributed by atoms with van der Waals surface area (Å²) in [5.41, 5.74) is 3.46. The van der Waals surface area contributed by atoms with E-state index in [0.29, 0.717) is 0 Å². The fourth-order valence-corrected chi connectivity index (χ4v) is 1.35. The molecule has 0 N–H and O–H groups in total. The number of pyridine rings is 1. The maximum Gasteiger partial charge on any atom is 0.0346 e. The molecule has 1 nitrogen and oxygen atoms in total. The van der Waals surface area contributed by atoms with Gasteiger partial charge in [-0.25, -0.2) is 0 Å². The number of hydrogen-bond donors (Lipinski definition) is 0. The maximum atomic E-state index is 4.08. The molecule has 0 aliphatic carbocycles. The van der Waals surface area contributed by atoms with Crippen LogP contribution in [-0.2, 0) is 0 Å². The van der Waals surface area contributed by atoms with E-state index < -0.39 is 0 Å². The standard InChI is InChI=1S/C13H11N/c1-2-11-5-7-12(8-6-11)13-4-3-9-14-10-13/h2-10H,1H2. The monoisotopic (exact) mass is 181 g/mol. The van der Waals surface area contributed by atoms with E-state index in [9.17, 15) is 0 Å². The molecule has 0 bridgehead atoms. The summed E-state index contributed by atoms with van der Waals surface area (Å²) in [6.07, 6.45) is 5.48. The van der Waals surface area contributed by atoms with Crippen molar-refractivity contribution in [3.05, 3.63) is 60.9 Å². The average molecular weight is 181 g/mol. The molecular formula is C13H11N. The highest BCUT2D eigenvalue weighted by atomic mass is 14.6. The van der Waals surface area contributed by atoms with Crippen molar-refractivity contribution in [3.63, 3.8) is 0 Å². The Morgan fingerprint density at radius 2 is 1.79 bits per heavy atom. The molecule has 0 aliphatic rings.